The molecule has 6 heteroatoms. The first-order valence-corrected chi connectivity index (χ1v) is 8.10. The van der Waals surface area contributed by atoms with Crippen molar-refractivity contribution in [3.05, 3.63) is 47.2 Å². The van der Waals surface area contributed by atoms with Crippen LogP contribution in [0.5, 0.6) is 0 Å². The Balaban J connectivity index is 1.67. The van der Waals surface area contributed by atoms with Crippen LogP contribution in [0, 0.1) is 12.8 Å². The number of hydrogen-bond acceptors (Lipinski definition) is 4. The van der Waals surface area contributed by atoms with Gasteiger partial charge in [-0.05, 0) is 44.0 Å². The highest BCUT2D eigenvalue weighted by Crippen LogP contribution is 2.22. The lowest BCUT2D eigenvalue weighted by atomic mass is 9.97. The fourth-order valence-corrected chi connectivity index (χ4v) is 2.96. The highest BCUT2D eigenvalue weighted by Gasteiger charge is 2.27. The Labute approximate surface area is 140 Å². The molecule has 0 bridgehead atoms. The van der Waals surface area contributed by atoms with Crippen LogP contribution in [-0.2, 0) is 4.79 Å². The van der Waals surface area contributed by atoms with E-state index in [4.69, 9.17) is 11.6 Å². The van der Waals surface area contributed by atoms with Gasteiger partial charge in [-0.3, -0.25) is 4.79 Å². The minimum absolute atomic E-state index is 0.0182. The minimum Gasteiger partial charge on any atom is -0.340 e. The lowest BCUT2D eigenvalue weighted by Crippen LogP contribution is -2.41. The SMILES string of the molecule is Cc1ccnc(N2CCCC(C(=O)Nc3cccc(Cl)c3)C2)n1. The van der Waals surface area contributed by atoms with Gasteiger partial charge in [-0.2, -0.15) is 0 Å². The van der Waals surface area contributed by atoms with Gasteiger partial charge < -0.3 is 10.2 Å². The van der Waals surface area contributed by atoms with Crippen LogP contribution >= 0.6 is 11.6 Å². The quantitative estimate of drug-likeness (QED) is 0.938. The van der Waals surface area contributed by atoms with E-state index < -0.39 is 0 Å². The second-order valence-electron chi connectivity index (χ2n) is 5.78. The molecule has 0 spiro atoms. The maximum absolute atomic E-state index is 12.5. The Morgan fingerprint density at radius 2 is 2.26 bits per heavy atom. The van der Waals surface area contributed by atoms with Crippen LogP contribution in [0.15, 0.2) is 36.5 Å². The van der Waals surface area contributed by atoms with Crippen LogP contribution in [0.3, 0.4) is 0 Å². The van der Waals surface area contributed by atoms with E-state index in [0.29, 0.717) is 17.5 Å². The van der Waals surface area contributed by atoms with Gasteiger partial charge in [0.1, 0.15) is 0 Å². The van der Waals surface area contributed by atoms with Crippen LogP contribution in [0.4, 0.5) is 11.6 Å². The molecule has 1 aromatic carbocycles. The lowest BCUT2D eigenvalue weighted by Gasteiger charge is -2.32. The zero-order valence-electron chi connectivity index (χ0n) is 13.0. The van der Waals surface area contributed by atoms with Gasteiger partial charge in [-0.1, -0.05) is 17.7 Å². The van der Waals surface area contributed by atoms with E-state index in [1.54, 1.807) is 18.3 Å². The van der Waals surface area contributed by atoms with E-state index in [0.717, 1.165) is 30.8 Å². The molecule has 23 heavy (non-hydrogen) atoms. The summed E-state index contributed by atoms with van der Waals surface area (Å²) >= 11 is 5.96. The number of aromatic nitrogens is 2. The van der Waals surface area contributed by atoms with Gasteiger partial charge >= 0.3 is 0 Å². The molecule has 2 aromatic rings. The summed E-state index contributed by atoms with van der Waals surface area (Å²) < 4.78 is 0. The van der Waals surface area contributed by atoms with Gasteiger partial charge in [0.2, 0.25) is 11.9 Å². The van der Waals surface area contributed by atoms with Crippen LogP contribution < -0.4 is 10.2 Å². The fourth-order valence-electron chi connectivity index (χ4n) is 2.77. The third-order valence-electron chi connectivity index (χ3n) is 3.95. The van der Waals surface area contributed by atoms with Crippen molar-refractivity contribution in [3.8, 4) is 0 Å². The van der Waals surface area contributed by atoms with Gasteiger partial charge in [0.05, 0.1) is 5.92 Å². The summed E-state index contributed by atoms with van der Waals surface area (Å²) in [5.41, 5.74) is 1.66. The Bertz CT molecular complexity index is 706. The maximum Gasteiger partial charge on any atom is 0.229 e. The number of carbonyl (C=O) groups is 1. The number of rotatable bonds is 3. The third-order valence-corrected chi connectivity index (χ3v) is 4.18. The highest BCUT2D eigenvalue weighted by molar-refractivity contribution is 6.30. The first-order chi connectivity index (χ1) is 11.1. The molecule has 120 valence electrons. The van der Waals surface area contributed by atoms with E-state index >= 15 is 0 Å². The molecular weight excluding hydrogens is 312 g/mol. The molecule has 1 aromatic heterocycles. The number of benzene rings is 1. The van der Waals surface area contributed by atoms with Crippen LogP contribution in [0.1, 0.15) is 18.5 Å². The average molecular weight is 331 g/mol. The molecule has 0 radical (unpaired) electrons. The minimum atomic E-state index is -0.0770. The van der Waals surface area contributed by atoms with Crippen molar-refractivity contribution in [3.63, 3.8) is 0 Å². The molecule has 2 heterocycles. The molecular formula is C17H19ClN4O. The molecule has 3 rings (SSSR count). The molecule has 1 aliphatic rings. The van der Waals surface area contributed by atoms with Gasteiger partial charge in [-0.25, -0.2) is 9.97 Å². The zero-order chi connectivity index (χ0) is 16.2. The number of hydrogen-bond donors (Lipinski definition) is 1. The monoisotopic (exact) mass is 330 g/mol. The second-order valence-corrected chi connectivity index (χ2v) is 6.22. The predicted octanol–water partition coefficient (Wildman–Crippen LogP) is 3.29. The average Bonchev–Trinajstić information content (AvgIpc) is 2.55. The van der Waals surface area contributed by atoms with Crippen molar-refractivity contribution < 1.29 is 4.79 Å². The van der Waals surface area contributed by atoms with E-state index in [1.165, 1.54) is 0 Å². The fraction of sp³-hybridized carbons (Fsp3) is 0.353. The lowest BCUT2D eigenvalue weighted by molar-refractivity contribution is -0.120. The van der Waals surface area contributed by atoms with Crippen molar-refractivity contribution >= 4 is 29.1 Å². The number of nitrogens with zero attached hydrogens (tertiary/aromatic N) is 3. The van der Waals surface area contributed by atoms with Crippen molar-refractivity contribution in [1.82, 2.24) is 9.97 Å². The maximum atomic E-state index is 12.5. The number of carbonyl (C=O) groups excluding carboxylic acids is 1. The number of aryl methyl sites for hydroxylation is 1. The standard InChI is InChI=1S/C17H19ClN4O/c1-12-7-8-19-17(20-12)22-9-3-4-13(11-22)16(23)21-15-6-2-5-14(18)10-15/h2,5-8,10,13H,3-4,9,11H2,1H3,(H,21,23). The van der Waals surface area contributed by atoms with E-state index in [9.17, 15) is 4.79 Å². The molecule has 1 fully saturated rings. The molecule has 0 aliphatic carbocycles. The van der Waals surface area contributed by atoms with Gasteiger partial charge in [-0.15, -0.1) is 0 Å². The summed E-state index contributed by atoms with van der Waals surface area (Å²) in [6.07, 6.45) is 3.58. The van der Waals surface area contributed by atoms with Gasteiger partial charge in [0.15, 0.2) is 0 Å². The van der Waals surface area contributed by atoms with Crippen LogP contribution in [0.25, 0.3) is 0 Å². The number of anilines is 2. The van der Waals surface area contributed by atoms with Crippen molar-refractivity contribution in [2.45, 2.75) is 19.8 Å². The Hall–Kier alpha value is -2.14. The van der Waals surface area contributed by atoms with Gasteiger partial charge in [0, 0.05) is 35.7 Å². The first-order valence-electron chi connectivity index (χ1n) is 7.73. The van der Waals surface area contributed by atoms with E-state index in [-0.39, 0.29) is 11.8 Å². The number of halogens is 1. The number of piperidine rings is 1. The Kier molecular flexibility index (Phi) is 4.76. The summed E-state index contributed by atoms with van der Waals surface area (Å²) in [4.78, 5) is 23.4. The highest BCUT2D eigenvalue weighted by atomic mass is 35.5. The summed E-state index contributed by atoms with van der Waals surface area (Å²) in [6, 6.07) is 9.08. The third kappa shape index (κ3) is 3.99. The van der Waals surface area contributed by atoms with E-state index in [2.05, 4.69) is 20.2 Å². The smallest absolute Gasteiger partial charge is 0.229 e. The summed E-state index contributed by atoms with van der Waals surface area (Å²) in [6.45, 7) is 3.46. The van der Waals surface area contributed by atoms with Crippen LogP contribution in [-0.4, -0.2) is 29.0 Å². The van der Waals surface area contributed by atoms with Crippen molar-refractivity contribution in [2.75, 3.05) is 23.3 Å². The normalized spacial score (nSPS) is 17.8. The van der Waals surface area contributed by atoms with Crippen molar-refractivity contribution in [1.29, 1.82) is 0 Å². The molecule has 1 N–H and O–H groups in total. The number of nitrogens with one attached hydrogen (secondary N) is 1. The topological polar surface area (TPSA) is 58.1 Å². The Morgan fingerprint density at radius 1 is 1.39 bits per heavy atom. The molecule has 0 saturated carbocycles. The first kappa shape index (κ1) is 15.7. The molecule has 1 amide bonds. The largest absolute Gasteiger partial charge is 0.340 e. The molecule has 1 unspecified atom stereocenters. The molecule has 1 saturated heterocycles. The van der Waals surface area contributed by atoms with E-state index in [1.807, 2.05) is 25.1 Å². The number of amides is 1. The van der Waals surface area contributed by atoms with Gasteiger partial charge in [0.25, 0.3) is 0 Å². The summed E-state index contributed by atoms with van der Waals surface area (Å²) in [5.74, 6) is 0.640. The molecule has 1 aliphatic heterocycles. The molecule has 5 nitrogen and oxygen atoms in total. The predicted molar refractivity (Wildman–Crippen MR) is 91.8 cm³/mol. The summed E-state index contributed by atoms with van der Waals surface area (Å²) in [5, 5.41) is 3.56. The summed E-state index contributed by atoms with van der Waals surface area (Å²) in [7, 11) is 0. The van der Waals surface area contributed by atoms with Crippen LogP contribution in [0.2, 0.25) is 5.02 Å². The molecule has 1 atom stereocenters. The Morgan fingerprint density at radius 3 is 3.04 bits per heavy atom. The zero-order valence-corrected chi connectivity index (χ0v) is 13.8. The second kappa shape index (κ2) is 6.96. The van der Waals surface area contributed by atoms with Crippen molar-refractivity contribution in [2.24, 2.45) is 5.92 Å².